The Labute approximate surface area is 370 Å². The average Bonchev–Trinajstić information content (AvgIpc) is 3.30. The van der Waals surface area contributed by atoms with E-state index in [-0.39, 0.29) is 0 Å². The van der Waals surface area contributed by atoms with Gasteiger partial charge in [0.15, 0.2) is 0 Å². The maximum atomic E-state index is 2.41. The molecule has 0 fully saturated rings. The second-order valence-corrected chi connectivity index (χ2v) is 28.7. The molecule has 9 aromatic rings. The minimum atomic E-state index is -1.42. The first kappa shape index (κ1) is 40.8. The van der Waals surface area contributed by atoms with Crippen molar-refractivity contribution in [1.29, 1.82) is 0 Å². The average molecular weight is 831 g/mol. The Kier molecular flexibility index (Phi) is 11.2. The molecule has 302 valence electrons. The maximum absolute atomic E-state index is 2.41. The molecule has 62 heavy (non-hydrogen) atoms. The zero-order valence-electron chi connectivity index (χ0n) is 36.8. The van der Waals surface area contributed by atoms with Crippen LogP contribution in [0.15, 0.2) is 206 Å². The molecule has 0 aliphatic carbocycles. The van der Waals surface area contributed by atoms with E-state index < -0.39 is 16.1 Å². The van der Waals surface area contributed by atoms with E-state index in [2.05, 4.69) is 258 Å². The van der Waals surface area contributed by atoms with Crippen LogP contribution in [-0.2, 0) is 0 Å². The van der Waals surface area contributed by atoms with E-state index >= 15 is 0 Å². The monoisotopic (exact) mass is 830 g/mol. The third-order valence-corrected chi connectivity index (χ3v) is 16.4. The third-order valence-electron chi connectivity index (χ3n) is 12.2. The maximum Gasteiger partial charge on any atom is 0.0775 e. The molecule has 0 saturated carbocycles. The van der Waals surface area contributed by atoms with E-state index in [1.54, 1.807) is 0 Å². The molecule has 0 aliphatic rings. The highest BCUT2D eigenvalue weighted by Crippen LogP contribution is 2.44. The van der Waals surface area contributed by atoms with E-state index in [0.717, 1.165) is 0 Å². The van der Waals surface area contributed by atoms with Gasteiger partial charge in [-0.2, -0.15) is 0 Å². The van der Waals surface area contributed by atoms with Gasteiger partial charge in [-0.05, 0) is 100 Å². The highest BCUT2D eigenvalue weighted by molar-refractivity contribution is 6.89. The van der Waals surface area contributed by atoms with Crippen molar-refractivity contribution < 1.29 is 0 Å². The molecule has 0 N–H and O–H groups in total. The van der Waals surface area contributed by atoms with Crippen molar-refractivity contribution >= 4 is 71.4 Å². The topological polar surface area (TPSA) is 0 Å². The van der Waals surface area contributed by atoms with E-state index in [4.69, 9.17) is 0 Å². The molecule has 0 unspecified atom stereocenters. The van der Waals surface area contributed by atoms with Gasteiger partial charge >= 0.3 is 0 Å². The fraction of sp³-hybridized carbons (Fsp3) is 0.100. The Morgan fingerprint density at radius 1 is 0.290 bits per heavy atom. The Hall–Kier alpha value is -6.59. The third kappa shape index (κ3) is 8.50. The van der Waals surface area contributed by atoms with Gasteiger partial charge in [0.05, 0.1) is 16.1 Å². The molecule has 9 aromatic carbocycles. The van der Waals surface area contributed by atoms with Crippen LogP contribution in [-0.4, -0.2) is 16.1 Å². The summed E-state index contributed by atoms with van der Waals surface area (Å²) in [4.78, 5) is 0. The number of benzene rings is 9. The first-order chi connectivity index (χ1) is 30.0. The van der Waals surface area contributed by atoms with Crippen LogP contribution >= 0.6 is 0 Å². The Balaban J connectivity index is 1.13. The molecule has 0 amide bonds. The number of hydrogen-bond donors (Lipinski definition) is 0. The van der Waals surface area contributed by atoms with Crippen LogP contribution in [0.1, 0.15) is 33.4 Å². The number of hydrogen-bond acceptors (Lipinski definition) is 0. The van der Waals surface area contributed by atoms with Crippen LogP contribution in [0.25, 0.3) is 67.1 Å². The molecular formula is C60H54Si2. The van der Waals surface area contributed by atoms with Gasteiger partial charge in [-0.15, -0.1) is 0 Å². The molecule has 0 radical (unpaired) electrons. The Bertz CT molecular complexity index is 2780. The van der Waals surface area contributed by atoms with Crippen LogP contribution in [0.2, 0.25) is 39.3 Å². The van der Waals surface area contributed by atoms with Crippen molar-refractivity contribution in [2.75, 3.05) is 0 Å². The lowest BCUT2D eigenvalue weighted by molar-refractivity contribution is 1.55. The molecular weight excluding hydrogens is 777 g/mol. The second kappa shape index (κ2) is 17.1. The predicted octanol–water partition coefficient (Wildman–Crippen LogP) is 15.6. The molecule has 0 aliphatic heterocycles. The summed E-state index contributed by atoms with van der Waals surface area (Å²) in [6, 6.07) is 76.5. The van der Waals surface area contributed by atoms with Crippen LogP contribution in [0.3, 0.4) is 0 Å². The smallest absolute Gasteiger partial charge is 0.0656 e. The van der Waals surface area contributed by atoms with E-state index in [1.807, 2.05) is 0 Å². The van der Waals surface area contributed by atoms with Crippen molar-refractivity contribution in [1.82, 2.24) is 0 Å². The quantitative estimate of drug-likeness (QED) is 0.0732. The summed E-state index contributed by atoms with van der Waals surface area (Å²) >= 11 is 0. The van der Waals surface area contributed by atoms with Crippen molar-refractivity contribution in [3.63, 3.8) is 0 Å². The van der Waals surface area contributed by atoms with E-state index in [9.17, 15) is 0 Å². The molecule has 0 saturated heterocycles. The summed E-state index contributed by atoms with van der Waals surface area (Å²) in [7, 11) is -2.84. The van der Waals surface area contributed by atoms with Crippen molar-refractivity contribution in [2.45, 2.75) is 39.3 Å². The van der Waals surface area contributed by atoms with E-state index in [0.29, 0.717) is 0 Å². The molecule has 0 spiro atoms. The van der Waals surface area contributed by atoms with Gasteiger partial charge in [0.2, 0.25) is 0 Å². The predicted molar refractivity (Wildman–Crippen MR) is 278 cm³/mol. The number of fused-ring (bicyclic) bond motifs is 2. The van der Waals surface area contributed by atoms with Gasteiger partial charge in [-0.3, -0.25) is 0 Å². The van der Waals surface area contributed by atoms with Crippen LogP contribution in [0.4, 0.5) is 0 Å². The molecule has 0 bridgehead atoms. The summed E-state index contributed by atoms with van der Waals surface area (Å²) in [5.74, 6) is 0. The van der Waals surface area contributed by atoms with Crippen molar-refractivity contribution in [2.24, 2.45) is 0 Å². The first-order valence-corrected chi connectivity index (χ1v) is 28.9. The van der Waals surface area contributed by atoms with Crippen molar-refractivity contribution in [3.8, 4) is 22.3 Å². The lowest BCUT2D eigenvalue weighted by Crippen LogP contribution is -2.37. The minimum absolute atomic E-state index is 1.20. The zero-order chi connectivity index (χ0) is 42.8. The fourth-order valence-electron chi connectivity index (χ4n) is 8.78. The molecule has 9 rings (SSSR count). The lowest BCUT2D eigenvalue weighted by atomic mass is 9.85. The van der Waals surface area contributed by atoms with Crippen LogP contribution < -0.4 is 10.4 Å². The number of rotatable bonds is 10. The highest BCUT2D eigenvalue weighted by atomic mass is 28.3. The molecule has 0 aromatic heterocycles. The van der Waals surface area contributed by atoms with Gasteiger partial charge in [0, 0.05) is 0 Å². The fourth-order valence-corrected chi connectivity index (χ4v) is 11.1. The van der Waals surface area contributed by atoms with E-state index in [1.165, 1.54) is 98.7 Å². The summed E-state index contributed by atoms with van der Waals surface area (Å²) in [5.41, 5.74) is 14.7. The van der Waals surface area contributed by atoms with Gasteiger partial charge in [0.1, 0.15) is 0 Å². The molecule has 0 nitrogen and oxygen atoms in total. The van der Waals surface area contributed by atoms with Crippen LogP contribution in [0, 0.1) is 0 Å². The van der Waals surface area contributed by atoms with Gasteiger partial charge in [0.25, 0.3) is 0 Å². The zero-order valence-corrected chi connectivity index (χ0v) is 38.8. The van der Waals surface area contributed by atoms with Gasteiger partial charge in [-0.25, -0.2) is 0 Å². The Morgan fingerprint density at radius 2 is 0.548 bits per heavy atom. The molecule has 0 atom stereocenters. The van der Waals surface area contributed by atoms with Crippen LogP contribution in [0.5, 0.6) is 0 Å². The van der Waals surface area contributed by atoms with Crippen molar-refractivity contribution in [3.05, 3.63) is 240 Å². The Morgan fingerprint density at radius 3 is 0.823 bits per heavy atom. The summed E-state index contributed by atoms with van der Waals surface area (Å²) in [6.07, 6.45) is 4.65. The minimum Gasteiger partial charge on any atom is -0.0656 e. The van der Waals surface area contributed by atoms with Gasteiger partial charge in [-0.1, -0.05) is 256 Å². The molecule has 0 heterocycles. The van der Waals surface area contributed by atoms with Gasteiger partial charge < -0.3 is 0 Å². The summed E-state index contributed by atoms with van der Waals surface area (Å²) in [5, 5.41) is 7.97. The SMILES string of the molecule is C[Si](C)(C)c1ccc(C(=Cc2ccccc2)c2ccc(-c3c4ccccc4c(-c4ccc(C(=Cc5ccccc5)c5ccc([Si](C)(C)C)cc5)cc4)c4ccccc34)cc2)cc1. The first-order valence-electron chi connectivity index (χ1n) is 21.9. The highest BCUT2D eigenvalue weighted by Gasteiger charge is 2.20. The second-order valence-electron chi connectivity index (χ2n) is 18.6. The largest absolute Gasteiger partial charge is 0.0775 e. The summed E-state index contributed by atoms with van der Waals surface area (Å²) in [6.45, 7) is 14.5. The standard InChI is InChI=1S/C60H54Si2/c1-61(2,3)51-37-33-47(34-38-51)57(41-43-17-9-7-10-18-43)45-25-29-49(30-26-45)59-53-21-13-15-23-55(53)60(56-24-16-14-22-54(56)59)50-31-27-46(28-32-50)58(42-44-19-11-8-12-20-44)48-35-39-52(40-36-48)62(4,5)6/h7-42H,1-6H3. The summed E-state index contributed by atoms with van der Waals surface area (Å²) < 4.78 is 0. The normalized spacial score (nSPS) is 12.5. The molecule has 2 heteroatoms. The lowest BCUT2D eigenvalue weighted by Gasteiger charge is -2.19.